The molecule has 1 N–H and O–H groups in total. The molecule has 0 aliphatic heterocycles. The van der Waals surface area contributed by atoms with E-state index < -0.39 is 5.97 Å². The van der Waals surface area contributed by atoms with Crippen LogP contribution in [0.25, 0.3) is 0 Å². The Morgan fingerprint density at radius 1 is 0.821 bits per heavy atom. The van der Waals surface area contributed by atoms with Gasteiger partial charge in [0.2, 0.25) is 0 Å². The number of methoxy groups -OCH3 is 1. The number of anilines is 1. The predicted molar refractivity (Wildman–Crippen MR) is 105 cm³/mol. The standard InChI is InChI=1S/C22H19NO5/c1-26-22(25)19-9-5-6-10-20(19)27-15-21(24)23-16-11-13-18(14-12-16)28-17-7-3-2-4-8-17/h2-14H,15H2,1H3,(H,23,24). The van der Waals surface area contributed by atoms with Crippen molar-refractivity contribution in [2.24, 2.45) is 0 Å². The number of hydrogen-bond donors (Lipinski definition) is 1. The Labute approximate surface area is 162 Å². The molecule has 0 radical (unpaired) electrons. The minimum Gasteiger partial charge on any atom is -0.483 e. The first-order chi connectivity index (χ1) is 13.7. The van der Waals surface area contributed by atoms with Crippen molar-refractivity contribution in [2.75, 3.05) is 19.0 Å². The SMILES string of the molecule is COC(=O)c1ccccc1OCC(=O)Nc1ccc(Oc2ccccc2)cc1. The van der Waals surface area contributed by atoms with Gasteiger partial charge in [0.15, 0.2) is 6.61 Å². The third-order valence-electron chi connectivity index (χ3n) is 3.77. The molecular weight excluding hydrogens is 358 g/mol. The van der Waals surface area contributed by atoms with Gasteiger partial charge in [-0.1, -0.05) is 30.3 Å². The van der Waals surface area contributed by atoms with E-state index in [0.29, 0.717) is 11.4 Å². The van der Waals surface area contributed by atoms with E-state index in [-0.39, 0.29) is 23.8 Å². The lowest BCUT2D eigenvalue weighted by atomic mass is 10.2. The van der Waals surface area contributed by atoms with E-state index in [1.807, 2.05) is 30.3 Å². The second kappa shape index (κ2) is 9.23. The molecule has 6 heteroatoms. The van der Waals surface area contributed by atoms with E-state index in [4.69, 9.17) is 14.2 Å². The van der Waals surface area contributed by atoms with Gasteiger partial charge in [0.05, 0.1) is 7.11 Å². The first kappa shape index (κ1) is 19.0. The fraction of sp³-hybridized carbons (Fsp3) is 0.0909. The second-order valence-corrected chi connectivity index (χ2v) is 5.76. The van der Waals surface area contributed by atoms with Crippen LogP contribution in [-0.2, 0) is 9.53 Å². The molecule has 28 heavy (non-hydrogen) atoms. The maximum Gasteiger partial charge on any atom is 0.341 e. The van der Waals surface area contributed by atoms with Crippen molar-refractivity contribution in [1.29, 1.82) is 0 Å². The average molecular weight is 377 g/mol. The van der Waals surface area contributed by atoms with Gasteiger partial charge in [-0.05, 0) is 48.5 Å². The maximum absolute atomic E-state index is 12.1. The third kappa shape index (κ3) is 5.11. The number of hydrogen-bond acceptors (Lipinski definition) is 5. The van der Waals surface area contributed by atoms with E-state index in [2.05, 4.69) is 5.32 Å². The van der Waals surface area contributed by atoms with Gasteiger partial charge in [-0.15, -0.1) is 0 Å². The predicted octanol–water partition coefficient (Wildman–Crippen LogP) is 4.28. The Hall–Kier alpha value is -3.80. The number of amides is 1. The third-order valence-corrected chi connectivity index (χ3v) is 3.77. The minimum absolute atomic E-state index is 0.240. The normalized spacial score (nSPS) is 10.0. The molecule has 0 heterocycles. The van der Waals surface area contributed by atoms with Crippen LogP contribution in [0.5, 0.6) is 17.2 Å². The molecule has 6 nitrogen and oxygen atoms in total. The molecule has 0 aliphatic rings. The minimum atomic E-state index is -0.523. The van der Waals surface area contributed by atoms with E-state index in [1.54, 1.807) is 48.5 Å². The Morgan fingerprint density at radius 3 is 2.18 bits per heavy atom. The number of para-hydroxylation sites is 2. The molecule has 0 saturated heterocycles. The van der Waals surface area contributed by atoms with Crippen molar-refractivity contribution in [2.45, 2.75) is 0 Å². The molecule has 0 bridgehead atoms. The summed E-state index contributed by atoms with van der Waals surface area (Å²) >= 11 is 0. The van der Waals surface area contributed by atoms with Gasteiger partial charge >= 0.3 is 5.97 Å². The van der Waals surface area contributed by atoms with Gasteiger partial charge in [-0.3, -0.25) is 4.79 Å². The number of ether oxygens (including phenoxy) is 3. The second-order valence-electron chi connectivity index (χ2n) is 5.76. The molecule has 0 aromatic heterocycles. The molecule has 0 spiro atoms. The summed E-state index contributed by atoms with van der Waals surface area (Å²) < 4.78 is 15.9. The number of nitrogens with one attached hydrogen (secondary N) is 1. The van der Waals surface area contributed by atoms with Crippen LogP contribution in [0.4, 0.5) is 5.69 Å². The Morgan fingerprint density at radius 2 is 1.46 bits per heavy atom. The largest absolute Gasteiger partial charge is 0.483 e. The first-order valence-electron chi connectivity index (χ1n) is 8.58. The van der Waals surface area contributed by atoms with Crippen LogP contribution in [0.2, 0.25) is 0 Å². The lowest BCUT2D eigenvalue weighted by molar-refractivity contribution is -0.118. The van der Waals surface area contributed by atoms with Crippen molar-refractivity contribution < 1.29 is 23.8 Å². The highest BCUT2D eigenvalue weighted by molar-refractivity contribution is 5.94. The maximum atomic E-state index is 12.1. The first-order valence-corrected chi connectivity index (χ1v) is 8.58. The Kier molecular flexibility index (Phi) is 6.25. The summed E-state index contributed by atoms with van der Waals surface area (Å²) in [4.78, 5) is 23.8. The number of carbonyl (C=O) groups is 2. The van der Waals surface area contributed by atoms with E-state index in [9.17, 15) is 9.59 Å². The monoisotopic (exact) mass is 377 g/mol. The molecule has 0 saturated carbocycles. The molecular formula is C22H19NO5. The van der Waals surface area contributed by atoms with Crippen molar-refractivity contribution in [1.82, 2.24) is 0 Å². The van der Waals surface area contributed by atoms with Gasteiger partial charge in [0.1, 0.15) is 22.8 Å². The highest BCUT2D eigenvalue weighted by Crippen LogP contribution is 2.23. The Bertz CT molecular complexity index is 939. The van der Waals surface area contributed by atoms with Gasteiger partial charge in [-0.2, -0.15) is 0 Å². The van der Waals surface area contributed by atoms with Gasteiger partial charge in [-0.25, -0.2) is 4.79 Å². The number of benzene rings is 3. The van der Waals surface area contributed by atoms with E-state index in [1.165, 1.54) is 7.11 Å². The molecule has 0 aliphatic carbocycles. The van der Waals surface area contributed by atoms with Crippen LogP contribution < -0.4 is 14.8 Å². The molecule has 3 aromatic carbocycles. The summed E-state index contributed by atoms with van der Waals surface area (Å²) in [5, 5.41) is 2.73. The fourth-order valence-electron chi connectivity index (χ4n) is 2.44. The van der Waals surface area contributed by atoms with E-state index in [0.717, 1.165) is 5.75 Å². The summed E-state index contributed by atoms with van der Waals surface area (Å²) in [6.07, 6.45) is 0. The van der Waals surface area contributed by atoms with Crippen LogP contribution >= 0.6 is 0 Å². The van der Waals surface area contributed by atoms with Crippen LogP contribution in [0.1, 0.15) is 10.4 Å². The highest BCUT2D eigenvalue weighted by atomic mass is 16.5. The zero-order valence-electron chi connectivity index (χ0n) is 15.3. The van der Waals surface area contributed by atoms with Gasteiger partial charge in [0, 0.05) is 5.69 Å². The van der Waals surface area contributed by atoms with Crippen molar-refractivity contribution >= 4 is 17.6 Å². The smallest absolute Gasteiger partial charge is 0.341 e. The molecule has 3 rings (SSSR count). The highest BCUT2D eigenvalue weighted by Gasteiger charge is 2.13. The van der Waals surface area contributed by atoms with Crippen LogP contribution in [0.3, 0.4) is 0 Å². The lowest BCUT2D eigenvalue weighted by Gasteiger charge is -2.11. The topological polar surface area (TPSA) is 73.9 Å². The summed E-state index contributed by atoms with van der Waals surface area (Å²) in [7, 11) is 1.29. The molecule has 142 valence electrons. The Balaban J connectivity index is 1.55. The average Bonchev–Trinajstić information content (AvgIpc) is 2.74. The lowest BCUT2D eigenvalue weighted by Crippen LogP contribution is -2.21. The molecule has 0 atom stereocenters. The molecule has 0 unspecified atom stereocenters. The zero-order valence-corrected chi connectivity index (χ0v) is 15.3. The molecule has 0 fully saturated rings. The number of rotatable bonds is 7. The zero-order chi connectivity index (χ0) is 19.8. The van der Waals surface area contributed by atoms with Crippen LogP contribution in [-0.4, -0.2) is 25.6 Å². The van der Waals surface area contributed by atoms with Gasteiger partial charge < -0.3 is 19.5 Å². The number of esters is 1. The summed E-state index contributed by atoms with van der Waals surface area (Å²) in [5.41, 5.74) is 0.871. The van der Waals surface area contributed by atoms with Crippen molar-refractivity contribution in [3.05, 3.63) is 84.4 Å². The van der Waals surface area contributed by atoms with E-state index >= 15 is 0 Å². The number of carbonyl (C=O) groups excluding carboxylic acids is 2. The van der Waals surface area contributed by atoms with Crippen LogP contribution in [0, 0.1) is 0 Å². The summed E-state index contributed by atoms with van der Waals surface area (Å²) in [6.45, 7) is -0.240. The fourth-order valence-corrected chi connectivity index (χ4v) is 2.44. The van der Waals surface area contributed by atoms with Crippen molar-refractivity contribution in [3.63, 3.8) is 0 Å². The van der Waals surface area contributed by atoms with Gasteiger partial charge in [0.25, 0.3) is 5.91 Å². The molecule has 1 amide bonds. The molecule has 3 aromatic rings. The van der Waals surface area contributed by atoms with Crippen molar-refractivity contribution in [3.8, 4) is 17.2 Å². The summed E-state index contributed by atoms with van der Waals surface area (Å²) in [5.74, 6) is 0.807. The summed E-state index contributed by atoms with van der Waals surface area (Å²) in [6, 6.07) is 23.0. The van der Waals surface area contributed by atoms with Crippen LogP contribution in [0.15, 0.2) is 78.9 Å². The quantitative estimate of drug-likeness (QED) is 0.622.